The van der Waals surface area contributed by atoms with Crippen LogP contribution in [0.15, 0.2) is 0 Å². The van der Waals surface area contributed by atoms with Crippen molar-refractivity contribution >= 4 is 12.4 Å². The van der Waals surface area contributed by atoms with Gasteiger partial charge in [-0.05, 0) is 6.92 Å². The molecule has 0 aliphatic heterocycles. The number of rotatable bonds is 0. The van der Waals surface area contributed by atoms with Crippen molar-refractivity contribution in [1.29, 1.82) is 0 Å². The molecule has 0 fully saturated rings. The van der Waals surface area contributed by atoms with Crippen molar-refractivity contribution in [2.75, 3.05) is 0 Å². The Balaban J connectivity index is -0.0000000575. The number of carboxylic acids is 1. The molecular weight excluding hydrogens is 107 g/mol. The van der Waals surface area contributed by atoms with Gasteiger partial charge in [-0.1, -0.05) is 0 Å². The van der Waals surface area contributed by atoms with Crippen LogP contribution in [-0.2, 0) is 9.59 Å². The van der Waals surface area contributed by atoms with Gasteiger partial charge in [-0.15, -0.1) is 0 Å². The molecule has 0 saturated heterocycles. The summed E-state index contributed by atoms with van der Waals surface area (Å²) in [5, 5.41) is 17.1. The zero-order chi connectivity index (χ0) is 6.28. The minimum atomic E-state index is -1.08. The molecule has 0 aromatic carbocycles. The molecule has 0 N–H and O–H groups in total. The van der Waals surface area contributed by atoms with Gasteiger partial charge >= 0.3 is 18.9 Å². The predicted molar refractivity (Wildman–Crippen MR) is 16.7 cm³/mol. The average Bonchev–Trinajstić information content (AvgIpc) is 1.33. The van der Waals surface area contributed by atoms with Crippen LogP contribution in [0.25, 0.3) is 0 Å². The molecule has 0 amide bonds. The van der Waals surface area contributed by atoms with Gasteiger partial charge in [-0.3, -0.25) is 0 Å². The van der Waals surface area contributed by atoms with E-state index < -0.39 is 12.4 Å². The summed E-state index contributed by atoms with van der Waals surface area (Å²) in [5.41, 5.74) is 0. The van der Waals surface area contributed by atoms with Crippen LogP contribution in [0.5, 0.6) is 0 Å². The van der Waals surface area contributed by atoms with Crippen LogP contribution in [0.3, 0.4) is 0 Å². The predicted octanol–water partition coefficient (Wildman–Crippen LogP) is -5.87. The van der Waals surface area contributed by atoms with Gasteiger partial charge in [0, 0.05) is 12.4 Å². The topological polar surface area (TPSA) is 80.3 Å². The Morgan fingerprint density at radius 2 is 1.62 bits per heavy atom. The molecule has 0 rings (SSSR count). The van der Waals surface area contributed by atoms with E-state index in [0.717, 1.165) is 6.92 Å². The summed E-state index contributed by atoms with van der Waals surface area (Å²) in [6.07, 6.45) is 0. The van der Waals surface area contributed by atoms with E-state index in [-0.39, 0.29) is 18.9 Å². The maximum absolute atomic E-state index is 8.89. The Morgan fingerprint density at radius 3 is 1.62 bits per heavy atom. The molecule has 0 unspecified atom stereocenters. The zero-order valence-corrected chi connectivity index (χ0v) is 4.71. The molecule has 0 bridgehead atoms. The number of carbonyl (C=O) groups is 2. The van der Waals surface area contributed by atoms with E-state index >= 15 is 0 Å². The van der Waals surface area contributed by atoms with Crippen LogP contribution >= 0.6 is 0 Å². The van der Waals surface area contributed by atoms with Crippen LogP contribution in [0.4, 0.5) is 0 Å². The summed E-state index contributed by atoms with van der Waals surface area (Å²) < 4.78 is 0. The molecule has 0 saturated carbocycles. The summed E-state index contributed by atoms with van der Waals surface area (Å²) in [6, 6.07) is 0. The van der Waals surface area contributed by atoms with E-state index in [9.17, 15) is 0 Å². The van der Waals surface area contributed by atoms with Crippen LogP contribution in [0, 0.1) is 0 Å². The molecule has 4 nitrogen and oxygen atoms in total. The van der Waals surface area contributed by atoms with Crippen LogP contribution in [-0.4, -0.2) is 12.4 Å². The second-order valence-corrected chi connectivity index (χ2v) is 0.588. The Hall–Kier alpha value is -0.463. The molecule has 0 aliphatic carbocycles. The number of carboxylic acid groups (broad SMARTS) is 2. The first-order valence-corrected chi connectivity index (χ1v) is 1.38. The number of hydrogen-bond acceptors (Lipinski definition) is 4. The first-order chi connectivity index (χ1) is 3.15. The van der Waals surface area contributed by atoms with E-state index in [1.165, 1.54) is 0 Å². The monoisotopic (exact) mass is 111 g/mol. The van der Waals surface area contributed by atoms with Gasteiger partial charge in [0.2, 0.25) is 0 Å². The SMILES string of the molecule is CC(=O)[O-].O=C[O-].[Li+]. The summed E-state index contributed by atoms with van der Waals surface area (Å²) in [4.78, 5) is 17.1. The van der Waals surface area contributed by atoms with Crippen molar-refractivity contribution in [3.05, 3.63) is 0 Å². The first-order valence-electron chi connectivity index (χ1n) is 1.38. The van der Waals surface area contributed by atoms with Crippen molar-refractivity contribution in [3.63, 3.8) is 0 Å². The van der Waals surface area contributed by atoms with Gasteiger partial charge in [-0.2, -0.15) is 0 Å². The van der Waals surface area contributed by atoms with Gasteiger partial charge < -0.3 is 19.8 Å². The molecule has 0 heterocycles. The van der Waals surface area contributed by atoms with E-state index in [4.69, 9.17) is 19.8 Å². The summed E-state index contributed by atoms with van der Waals surface area (Å²) >= 11 is 0. The second-order valence-electron chi connectivity index (χ2n) is 0.588. The van der Waals surface area contributed by atoms with E-state index in [1.807, 2.05) is 0 Å². The molecule has 0 atom stereocenters. The van der Waals surface area contributed by atoms with Crippen LogP contribution in [0.1, 0.15) is 6.92 Å². The average molecular weight is 111 g/mol. The van der Waals surface area contributed by atoms with Crippen molar-refractivity contribution in [1.82, 2.24) is 0 Å². The molecule has 42 valence electrons. The summed E-state index contributed by atoms with van der Waals surface area (Å²) in [5.74, 6) is -1.08. The Labute approximate surface area is 58.7 Å². The number of carbonyl (C=O) groups excluding carboxylic acids is 2. The van der Waals surface area contributed by atoms with Crippen molar-refractivity contribution in [2.24, 2.45) is 0 Å². The van der Waals surface area contributed by atoms with E-state index in [2.05, 4.69) is 0 Å². The van der Waals surface area contributed by atoms with Crippen molar-refractivity contribution in [2.45, 2.75) is 6.92 Å². The zero-order valence-electron chi connectivity index (χ0n) is 4.71. The Kier molecular flexibility index (Phi) is 31.3. The van der Waals surface area contributed by atoms with Crippen molar-refractivity contribution in [3.8, 4) is 0 Å². The molecule has 8 heavy (non-hydrogen) atoms. The minimum absolute atomic E-state index is 0. The standard InChI is InChI=1S/C2H4O2.CH2O2.Li/c1-2(3)4;2-1-3;/h1H3,(H,3,4);1H,(H,2,3);/q;;+1/p-2. The smallest absolute Gasteiger partial charge is 0.554 e. The van der Waals surface area contributed by atoms with Crippen molar-refractivity contribution < 1.29 is 38.7 Å². The van der Waals surface area contributed by atoms with Gasteiger partial charge in [0.05, 0.1) is 0 Å². The van der Waals surface area contributed by atoms with Gasteiger partial charge in [0.25, 0.3) is 0 Å². The van der Waals surface area contributed by atoms with Gasteiger partial charge in [0.1, 0.15) is 0 Å². The summed E-state index contributed by atoms with van der Waals surface area (Å²) in [7, 11) is 0. The Bertz CT molecular complexity index is 58.3. The molecule has 0 aromatic rings. The Morgan fingerprint density at radius 1 is 1.62 bits per heavy atom. The number of hydrogen-bond donors (Lipinski definition) is 0. The van der Waals surface area contributed by atoms with Gasteiger partial charge in [0.15, 0.2) is 0 Å². The minimum Gasteiger partial charge on any atom is -0.554 e. The van der Waals surface area contributed by atoms with Gasteiger partial charge in [-0.25, -0.2) is 0 Å². The van der Waals surface area contributed by atoms with E-state index in [1.54, 1.807) is 0 Å². The second kappa shape index (κ2) is 16.0. The quantitative estimate of drug-likeness (QED) is 0.230. The molecule has 5 heteroatoms. The van der Waals surface area contributed by atoms with E-state index in [0.29, 0.717) is 0 Å². The fourth-order valence-electron chi connectivity index (χ4n) is 0. The maximum atomic E-state index is 8.89. The normalized spacial score (nSPS) is 4.62. The molecule has 0 radical (unpaired) electrons. The van der Waals surface area contributed by atoms with Crippen LogP contribution < -0.4 is 29.1 Å². The third-order valence-electron chi connectivity index (χ3n) is 0. The van der Waals surface area contributed by atoms with Crippen LogP contribution in [0.2, 0.25) is 0 Å². The number of aliphatic carboxylic acids is 1. The molecule has 0 aromatic heterocycles. The fraction of sp³-hybridized carbons (Fsp3) is 0.333. The first kappa shape index (κ1) is 15.6. The fourth-order valence-corrected chi connectivity index (χ4v) is 0. The third-order valence-corrected chi connectivity index (χ3v) is 0. The summed E-state index contributed by atoms with van der Waals surface area (Å²) in [6.45, 7) is 0.472. The molecule has 0 spiro atoms. The molecular formula is C3H4LiO4-. The largest absolute Gasteiger partial charge is 1.00 e. The third kappa shape index (κ3) is 533. The molecule has 0 aliphatic rings. The maximum Gasteiger partial charge on any atom is 1.00 e.